The van der Waals surface area contributed by atoms with E-state index in [1.54, 1.807) is 24.3 Å². The van der Waals surface area contributed by atoms with Gasteiger partial charge in [-0.1, -0.05) is 13.8 Å². The van der Waals surface area contributed by atoms with Crippen molar-refractivity contribution in [3.8, 4) is 0 Å². The van der Waals surface area contributed by atoms with E-state index in [1.165, 1.54) is 6.92 Å². The maximum absolute atomic E-state index is 12.1. The fraction of sp³-hybridized carbons (Fsp3) is 0.429. The topological polar surface area (TPSA) is 46.2 Å². The normalized spacial score (nSPS) is 20.8. The smallest absolute Gasteiger partial charge is 0.221 e. The molecule has 1 unspecified atom stereocenters. The van der Waals surface area contributed by atoms with Gasteiger partial charge >= 0.3 is 0 Å². The number of rotatable bonds is 3. The second-order valence-corrected chi connectivity index (χ2v) is 5.37. The van der Waals surface area contributed by atoms with Crippen LogP contribution >= 0.6 is 0 Å². The number of amides is 1. The van der Waals surface area contributed by atoms with Crippen molar-refractivity contribution in [2.45, 2.75) is 27.2 Å². The summed E-state index contributed by atoms with van der Waals surface area (Å²) in [6, 6.07) is 7.10. The van der Waals surface area contributed by atoms with E-state index >= 15 is 0 Å². The molecule has 0 spiro atoms. The SMILES string of the molecule is CC(=O)Nc1ccc(C(=O)C2CC2(C)C)cc1. The van der Waals surface area contributed by atoms with Crippen molar-refractivity contribution in [2.75, 3.05) is 5.32 Å². The molecule has 0 saturated heterocycles. The van der Waals surface area contributed by atoms with Gasteiger partial charge in [-0.05, 0) is 36.1 Å². The van der Waals surface area contributed by atoms with Gasteiger partial charge < -0.3 is 5.32 Å². The molecule has 0 aliphatic heterocycles. The van der Waals surface area contributed by atoms with Crippen LogP contribution in [0.2, 0.25) is 0 Å². The molecule has 17 heavy (non-hydrogen) atoms. The van der Waals surface area contributed by atoms with E-state index in [9.17, 15) is 9.59 Å². The molecule has 1 saturated carbocycles. The monoisotopic (exact) mass is 231 g/mol. The predicted molar refractivity (Wildman–Crippen MR) is 67.0 cm³/mol. The number of carbonyl (C=O) groups is 2. The number of Topliss-reactive ketones (excluding diaryl/α,β-unsaturated/α-hetero) is 1. The van der Waals surface area contributed by atoms with Crippen LogP contribution in [0.25, 0.3) is 0 Å². The maximum atomic E-state index is 12.1. The van der Waals surface area contributed by atoms with E-state index in [0.717, 1.165) is 17.7 Å². The number of anilines is 1. The molecule has 0 aromatic heterocycles. The molecule has 3 heteroatoms. The Morgan fingerprint density at radius 2 is 1.76 bits per heavy atom. The summed E-state index contributed by atoms with van der Waals surface area (Å²) in [4.78, 5) is 22.9. The first-order chi connectivity index (χ1) is 7.90. The molecule has 1 atom stereocenters. The zero-order chi connectivity index (χ0) is 12.6. The molecule has 0 radical (unpaired) electrons. The predicted octanol–water partition coefficient (Wildman–Crippen LogP) is 2.87. The van der Waals surface area contributed by atoms with Crippen molar-refractivity contribution >= 4 is 17.4 Å². The van der Waals surface area contributed by atoms with Gasteiger partial charge in [0.1, 0.15) is 0 Å². The van der Waals surface area contributed by atoms with Crippen LogP contribution in [-0.4, -0.2) is 11.7 Å². The van der Waals surface area contributed by atoms with Crippen molar-refractivity contribution < 1.29 is 9.59 Å². The van der Waals surface area contributed by atoms with E-state index in [4.69, 9.17) is 0 Å². The Morgan fingerprint density at radius 3 is 2.18 bits per heavy atom. The van der Waals surface area contributed by atoms with Crippen LogP contribution in [0.4, 0.5) is 5.69 Å². The van der Waals surface area contributed by atoms with E-state index in [0.29, 0.717) is 0 Å². The molecule has 90 valence electrons. The average molecular weight is 231 g/mol. The lowest BCUT2D eigenvalue weighted by Gasteiger charge is -2.05. The Bertz CT molecular complexity index is 460. The summed E-state index contributed by atoms with van der Waals surface area (Å²) in [5, 5.41) is 2.68. The van der Waals surface area contributed by atoms with Crippen LogP contribution in [0.15, 0.2) is 24.3 Å². The standard InChI is InChI=1S/C14H17NO2/c1-9(16)15-11-6-4-10(5-7-11)13(17)12-8-14(12,2)3/h4-7,12H,8H2,1-3H3,(H,15,16). The first kappa shape index (κ1) is 11.8. The van der Waals surface area contributed by atoms with Gasteiger partial charge in [-0.3, -0.25) is 9.59 Å². The number of carbonyl (C=O) groups excluding carboxylic acids is 2. The van der Waals surface area contributed by atoms with Crippen LogP contribution in [0, 0.1) is 11.3 Å². The van der Waals surface area contributed by atoms with Gasteiger partial charge in [0.05, 0.1) is 0 Å². The summed E-state index contributed by atoms with van der Waals surface area (Å²) in [5.74, 6) is 0.269. The lowest BCUT2D eigenvalue weighted by molar-refractivity contribution is -0.114. The number of ketones is 1. The van der Waals surface area contributed by atoms with Gasteiger partial charge in [0.15, 0.2) is 5.78 Å². The molecule has 1 fully saturated rings. The fourth-order valence-electron chi connectivity index (χ4n) is 2.04. The fourth-order valence-corrected chi connectivity index (χ4v) is 2.04. The maximum Gasteiger partial charge on any atom is 0.221 e. The molecule has 0 heterocycles. The molecule has 1 aliphatic rings. The minimum absolute atomic E-state index is 0.104. The van der Waals surface area contributed by atoms with Gasteiger partial charge in [0, 0.05) is 24.1 Å². The Morgan fingerprint density at radius 1 is 1.24 bits per heavy atom. The molecule has 0 bridgehead atoms. The minimum Gasteiger partial charge on any atom is -0.326 e. The number of benzene rings is 1. The molecular weight excluding hydrogens is 214 g/mol. The van der Waals surface area contributed by atoms with E-state index < -0.39 is 0 Å². The summed E-state index contributed by atoms with van der Waals surface area (Å²) < 4.78 is 0. The highest BCUT2D eigenvalue weighted by Gasteiger charge is 2.50. The summed E-state index contributed by atoms with van der Waals surface area (Å²) in [5.41, 5.74) is 1.62. The van der Waals surface area contributed by atoms with Crippen LogP contribution < -0.4 is 5.32 Å². The largest absolute Gasteiger partial charge is 0.326 e. The summed E-state index contributed by atoms with van der Waals surface area (Å²) >= 11 is 0. The highest BCUT2D eigenvalue weighted by atomic mass is 16.1. The molecule has 1 aromatic rings. The van der Waals surface area contributed by atoms with Crippen molar-refractivity contribution in [3.05, 3.63) is 29.8 Å². The molecule has 1 aliphatic carbocycles. The van der Waals surface area contributed by atoms with E-state index in [2.05, 4.69) is 19.2 Å². The van der Waals surface area contributed by atoms with Crippen LogP contribution in [0.3, 0.4) is 0 Å². The zero-order valence-corrected chi connectivity index (χ0v) is 10.4. The van der Waals surface area contributed by atoms with Crippen LogP contribution in [0.1, 0.15) is 37.6 Å². The Hall–Kier alpha value is -1.64. The Labute approximate surface area is 101 Å². The third-order valence-corrected chi connectivity index (χ3v) is 3.32. The highest BCUT2D eigenvalue weighted by molar-refractivity contribution is 6.00. The number of hydrogen-bond donors (Lipinski definition) is 1. The highest BCUT2D eigenvalue weighted by Crippen LogP contribution is 2.53. The van der Waals surface area contributed by atoms with Crippen molar-refractivity contribution in [1.82, 2.24) is 0 Å². The second kappa shape index (κ2) is 3.99. The van der Waals surface area contributed by atoms with E-state index in [-0.39, 0.29) is 23.0 Å². The van der Waals surface area contributed by atoms with Crippen molar-refractivity contribution in [2.24, 2.45) is 11.3 Å². The first-order valence-electron chi connectivity index (χ1n) is 5.82. The zero-order valence-electron chi connectivity index (χ0n) is 10.4. The Balaban J connectivity index is 2.08. The van der Waals surface area contributed by atoms with Gasteiger partial charge in [-0.2, -0.15) is 0 Å². The first-order valence-corrected chi connectivity index (χ1v) is 5.82. The summed E-state index contributed by atoms with van der Waals surface area (Å²) in [6.45, 7) is 5.69. The van der Waals surface area contributed by atoms with Crippen LogP contribution in [0.5, 0.6) is 0 Å². The molecule has 1 N–H and O–H groups in total. The minimum atomic E-state index is -0.104. The van der Waals surface area contributed by atoms with Crippen LogP contribution in [-0.2, 0) is 4.79 Å². The average Bonchev–Trinajstić information content (AvgIpc) is 2.87. The molecule has 1 amide bonds. The van der Waals surface area contributed by atoms with Crippen molar-refractivity contribution in [3.63, 3.8) is 0 Å². The second-order valence-electron chi connectivity index (χ2n) is 5.37. The third-order valence-electron chi connectivity index (χ3n) is 3.32. The summed E-state index contributed by atoms with van der Waals surface area (Å²) in [6.07, 6.45) is 0.972. The quantitative estimate of drug-likeness (QED) is 0.813. The van der Waals surface area contributed by atoms with Gasteiger partial charge in [0.2, 0.25) is 5.91 Å². The van der Waals surface area contributed by atoms with Gasteiger partial charge in [0.25, 0.3) is 0 Å². The number of hydrogen-bond acceptors (Lipinski definition) is 2. The third kappa shape index (κ3) is 2.54. The van der Waals surface area contributed by atoms with E-state index in [1.807, 2.05) is 0 Å². The van der Waals surface area contributed by atoms with Crippen molar-refractivity contribution in [1.29, 1.82) is 0 Å². The molecule has 2 rings (SSSR count). The molecular formula is C14H17NO2. The van der Waals surface area contributed by atoms with Gasteiger partial charge in [-0.25, -0.2) is 0 Å². The molecule has 3 nitrogen and oxygen atoms in total. The lowest BCUT2D eigenvalue weighted by atomic mass is 10.0. The number of nitrogens with one attached hydrogen (secondary N) is 1. The Kier molecular flexibility index (Phi) is 2.77. The lowest BCUT2D eigenvalue weighted by Crippen LogP contribution is -2.08. The summed E-state index contributed by atoms with van der Waals surface area (Å²) in [7, 11) is 0. The van der Waals surface area contributed by atoms with Gasteiger partial charge in [-0.15, -0.1) is 0 Å². The molecule has 1 aromatic carbocycles.